The van der Waals surface area contributed by atoms with Crippen LogP contribution in [0.1, 0.15) is 71.6 Å². The van der Waals surface area contributed by atoms with Crippen LogP contribution >= 0.6 is 0 Å². The first-order valence-electron chi connectivity index (χ1n) is 10.7. The minimum atomic E-state index is -2.82. The molecule has 26 heavy (non-hydrogen) atoms. The smallest absolute Gasteiger partial charge is 0.191 e. The minimum Gasteiger partial charge on any atom is -0.354 e. The summed E-state index contributed by atoms with van der Waals surface area (Å²) in [5, 5.41) is 7.39. The minimum absolute atomic E-state index is 0.188. The summed E-state index contributed by atoms with van der Waals surface area (Å²) in [4.78, 5) is 4.85. The third-order valence-electron chi connectivity index (χ3n) is 6.55. The van der Waals surface area contributed by atoms with E-state index in [1.54, 1.807) is 0 Å². The van der Waals surface area contributed by atoms with E-state index in [4.69, 9.17) is 4.99 Å². The van der Waals surface area contributed by atoms with Gasteiger partial charge in [-0.05, 0) is 49.9 Å². The zero-order valence-electron chi connectivity index (χ0n) is 16.5. The highest BCUT2D eigenvalue weighted by Crippen LogP contribution is 2.25. The van der Waals surface area contributed by atoms with Gasteiger partial charge in [-0.2, -0.15) is 0 Å². The zero-order valence-corrected chi connectivity index (χ0v) is 17.4. The molecule has 0 aromatic carbocycles. The molecule has 3 rings (SSSR count). The molecule has 0 aromatic heterocycles. The van der Waals surface area contributed by atoms with Gasteiger partial charge >= 0.3 is 0 Å². The predicted octanol–water partition coefficient (Wildman–Crippen LogP) is 3.11. The van der Waals surface area contributed by atoms with Crippen molar-refractivity contribution in [2.75, 3.05) is 18.1 Å². The largest absolute Gasteiger partial charge is 0.354 e. The molecule has 0 aromatic rings. The van der Waals surface area contributed by atoms with E-state index in [1.165, 1.54) is 51.4 Å². The molecule has 1 saturated heterocycles. The Morgan fingerprint density at radius 3 is 2.50 bits per heavy atom. The molecule has 1 heterocycles. The van der Waals surface area contributed by atoms with Crippen molar-refractivity contribution in [2.24, 2.45) is 22.7 Å². The van der Waals surface area contributed by atoms with Gasteiger partial charge in [0, 0.05) is 18.6 Å². The summed E-state index contributed by atoms with van der Waals surface area (Å²) < 4.78 is 23.4. The summed E-state index contributed by atoms with van der Waals surface area (Å²) in [7, 11) is -2.82. The van der Waals surface area contributed by atoms with Crippen molar-refractivity contribution < 1.29 is 8.42 Å². The SMILES string of the molecule is CC1CCCC(NC(=NCC2CCS(=O)(=O)C2)NC2CCCCC2C)C1. The van der Waals surface area contributed by atoms with Crippen molar-refractivity contribution >= 4 is 15.8 Å². The average Bonchev–Trinajstić information content (AvgIpc) is 2.94. The molecule has 1 aliphatic heterocycles. The molecular formula is C20H37N3O2S. The van der Waals surface area contributed by atoms with Crippen molar-refractivity contribution in [2.45, 2.75) is 83.7 Å². The lowest BCUT2D eigenvalue weighted by molar-refractivity contribution is 0.297. The number of hydrogen-bond donors (Lipinski definition) is 2. The van der Waals surface area contributed by atoms with Crippen molar-refractivity contribution in [3.63, 3.8) is 0 Å². The predicted molar refractivity (Wildman–Crippen MR) is 108 cm³/mol. The van der Waals surface area contributed by atoms with Crippen LogP contribution in [0.3, 0.4) is 0 Å². The van der Waals surface area contributed by atoms with E-state index in [9.17, 15) is 8.42 Å². The standard InChI is InChI=1S/C20H37N3O2S/c1-15-6-5-8-18(12-15)22-20(23-19-9-4-3-7-16(19)2)21-13-17-10-11-26(24,25)14-17/h15-19H,3-14H2,1-2H3,(H2,21,22,23). The molecule has 0 radical (unpaired) electrons. The number of sulfone groups is 1. The highest BCUT2D eigenvalue weighted by Gasteiger charge is 2.28. The molecule has 0 spiro atoms. The summed E-state index contributed by atoms with van der Waals surface area (Å²) in [6.07, 6.45) is 10.9. The molecule has 3 aliphatic rings. The van der Waals surface area contributed by atoms with Gasteiger partial charge in [-0.3, -0.25) is 4.99 Å². The number of rotatable bonds is 4. The molecule has 2 N–H and O–H groups in total. The lowest BCUT2D eigenvalue weighted by Crippen LogP contribution is -2.51. The van der Waals surface area contributed by atoms with Crippen molar-refractivity contribution in [1.29, 1.82) is 0 Å². The van der Waals surface area contributed by atoms with E-state index in [0.717, 1.165) is 18.3 Å². The maximum atomic E-state index is 11.7. The highest BCUT2D eigenvalue weighted by atomic mass is 32.2. The van der Waals surface area contributed by atoms with Gasteiger partial charge in [0.15, 0.2) is 15.8 Å². The molecular weight excluding hydrogens is 346 g/mol. The van der Waals surface area contributed by atoms with E-state index in [0.29, 0.717) is 36.1 Å². The van der Waals surface area contributed by atoms with Gasteiger partial charge in [-0.15, -0.1) is 0 Å². The van der Waals surface area contributed by atoms with Gasteiger partial charge in [0.2, 0.25) is 0 Å². The maximum Gasteiger partial charge on any atom is 0.191 e. The quantitative estimate of drug-likeness (QED) is 0.578. The van der Waals surface area contributed by atoms with Crippen molar-refractivity contribution in [3.8, 4) is 0 Å². The first-order chi connectivity index (χ1) is 12.4. The second-order valence-electron chi connectivity index (χ2n) is 9.08. The Labute approximate surface area is 159 Å². The molecule has 2 saturated carbocycles. The fourth-order valence-electron chi connectivity index (χ4n) is 4.83. The Hall–Kier alpha value is -0.780. The van der Waals surface area contributed by atoms with Gasteiger partial charge in [-0.25, -0.2) is 8.42 Å². The molecule has 6 heteroatoms. The molecule has 5 atom stereocenters. The summed E-state index contributed by atoms with van der Waals surface area (Å²) in [5.41, 5.74) is 0. The van der Waals surface area contributed by atoms with E-state index >= 15 is 0 Å². The van der Waals surface area contributed by atoms with Crippen LogP contribution in [0.25, 0.3) is 0 Å². The third-order valence-corrected chi connectivity index (χ3v) is 8.38. The zero-order chi connectivity index (χ0) is 18.6. The Morgan fingerprint density at radius 2 is 1.81 bits per heavy atom. The molecule has 0 bridgehead atoms. The number of nitrogens with zero attached hydrogens (tertiary/aromatic N) is 1. The Kier molecular flexibility index (Phi) is 6.87. The number of aliphatic imine (C=N–C) groups is 1. The molecule has 3 fully saturated rings. The van der Waals surface area contributed by atoms with E-state index in [-0.39, 0.29) is 5.92 Å². The lowest BCUT2D eigenvalue weighted by Gasteiger charge is -2.34. The molecule has 0 amide bonds. The van der Waals surface area contributed by atoms with Crippen LogP contribution in [0, 0.1) is 17.8 Å². The third kappa shape index (κ3) is 5.86. The van der Waals surface area contributed by atoms with Crippen LogP contribution in [-0.4, -0.2) is 44.5 Å². The van der Waals surface area contributed by atoms with Crippen LogP contribution in [0.15, 0.2) is 4.99 Å². The number of hydrogen-bond acceptors (Lipinski definition) is 3. The molecule has 5 nitrogen and oxygen atoms in total. The van der Waals surface area contributed by atoms with Crippen molar-refractivity contribution in [3.05, 3.63) is 0 Å². The molecule has 150 valence electrons. The first-order valence-corrected chi connectivity index (χ1v) is 12.5. The Bertz CT molecular complexity index is 590. The van der Waals surface area contributed by atoms with E-state index in [2.05, 4.69) is 24.5 Å². The topological polar surface area (TPSA) is 70.6 Å². The summed E-state index contributed by atoms with van der Waals surface area (Å²) in [5.74, 6) is 3.21. The van der Waals surface area contributed by atoms with Gasteiger partial charge in [0.1, 0.15) is 0 Å². The first kappa shape index (κ1) is 20.0. The lowest BCUT2D eigenvalue weighted by atomic mass is 9.86. The van der Waals surface area contributed by atoms with Gasteiger partial charge in [0.05, 0.1) is 11.5 Å². The number of guanidine groups is 1. The number of nitrogens with one attached hydrogen (secondary N) is 2. The van der Waals surface area contributed by atoms with E-state index in [1.807, 2.05) is 0 Å². The molecule has 5 unspecified atom stereocenters. The highest BCUT2D eigenvalue weighted by molar-refractivity contribution is 7.91. The second-order valence-corrected chi connectivity index (χ2v) is 11.3. The fourth-order valence-corrected chi connectivity index (χ4v) is 6.68. The maximum absolute atomic E-state index is 11.7. The van der Waals surface area contributed by atoms with Crippen LogP contribution < -0.4 is 10.6 Å². The van der Waals surface area contributed by atoms with Crippen LogP contribution in [-0.2, 0) is 9.84 Å². The fraction of sp³-hybridized carbons (Fsp3) is 0.950. The normalized spacial score (nSPS) is 38.1. The van der Waals surface area contributed by atoms with Gasteiger partial charge in [-0.1, -0.05) is 39.5 Å². The van der Waals surface area contributed by atoms with Crippen LogP contribution in [0.5, 0.6) is 0 Å². The summed E-state index contributed by atoms with van der Waals surface area (Å²) >= 11 is 0. The van der Waals surface area contributed by atoms with Crippen LogP contribution in [0.4, 0.5) is 0 Å². The second kappa shape index (κ2) is 8.94. The average molecular weight is 384 g/mol. The summed E-state index contributed by atoms with van der Waals surface area (Å²) in [6, 6.07) is 0.986. The Morgan fingerprint density at radius 1 is 1.00 bits per heavy atom. The van der Waals surface area contributed by atoms with Crippen molar-refractivity contribution in [1.82, 2.24) is 10.6 Å². The summed E-state index contributed by atoms with van der Waals surface area (Å²) in [6.45, 7) is 5.29. The van der Waals surface area contributed by atoms with E-state index < -0.39 is 9.84 Å². The molecule has 2 aliphatic carbocycles. The Balaban J connectivity index is 1.62. The van der Waals surface area contributed by atoms with Gasteiger partial charge < -0.3 is 10.6 Å². The van der Waals surface area contributed by atoms with Gasteiger partial charge in [0.25, 0.3) is 0 Å². The monoisotopic (exact) mass is 383 g/mol. The van der Waals surface area contributed by atoms with Crippen LogP contribution in [0.2, 0.25) is 0 Å².